The van der Waals surface area contributed by atoms with Gasteiger partial charge in [-0.1, -0.05) is 75.5 Å². The first-order chi connectivity index (χ1) is 11.7. The minimum absolute atomic E-state index is 0.227. The van der Waals surface area contributed by atoms with Gasteiger partial charge < -0.3 is 13.3 Å². The van der Waals surface area contributed by atoms with Crippen LogP contribution in [0.4, 0.5) is 0 Å². The van der Waals surface area contributed by atoms with E-state index in [1.54, 1.807) is 10.8 Å². The van der Waals surface area contributed by atoms with E-state index in [2.05, 4.69) is 18.6 Å². The molecule has 0 aliphatic carbocycles. The molecule has 0 aliphatic rings. The number of rotatable bonds is 18. The molecule has 6 heteroatoms. The van der Waals surface area contributed by atoms with Crippen molar-refractivity contribution in [1.82, 2.24) is 0 Å². The van der Waals surface area contributed by atoms with Gasteiger partial charge >= 0.3 is 8.80 Å². The van der Waals surface area contributed by atoms with Crippen molar-refractivity contribution in [1.29, 1.82) is 0 Å². The standard InChI is InChI=1S/C18H40O3S2Si/c1-5-9-10-11-12-13-14-15-16-17-18(23-22)24(19-6-2,20-7-3)21-8-4/h18,22H,5-17H2,1-4H3. The van der Waals surface area contributed by atoms with Gasteiger partial charge in [0.25, 0.3) is 0 Å². The zero-order valence-electron chi connectivity index (χ0n) is 16.3. The summed E-state index contributed by atoms with van der Waals surface area (Å²) in [4.78, 5) is 0.227. The van der Waals surface area contributed by atoms with Gasteiger partial charge in [-0.15, -0.1) is 11.7 Å². The Balaban J connectivity index is 4.15. The highest BCUT2D eigenvalue weighted by atomic mass is 33.1. The summed E-state index contributed by atoms with van der Waals surface area (Å²) in [6, 6.07) is 0. The lowest BCUT2D eigenvalue weighted by Crippen LogP contribution is -2.55. The molecule has 1 unspecified atom stereocenters. The van der Waals surface area contributed by atoms with Crippen LogP contribution in [0.2, 0.25) is 0 Å². The van der Waals surface area contributed by atoms with E-state index in [4.69, 9.17) is 13.3 Å². The normalized spacial score (nSPS) is 13.4. The van der Waals surface area contributed by atoms with Crippen LogP contribution in [0.25, 0.3) is 0 Å². The Hall–Kier alpha value is 0.797. The summed E-state index contributed by atoms with van der Waals surface area (Å²) >= 11 is 4.49. The second-order valence-corrected chi connectivity index (χ2v) is 10.7. The summed E-state index contributed by atoms with van der Waals surface area (Å²) in [5.41, 5.74) is 0. The van der Waals surface area contributed by atoms with E-state index in [-0.39, 0.29) is 4.87 Å². The first-order valence-electron chi connectivity index (χ1n) is 9.92. The largest absolute Gasteiger partial charge is 0.515 e. The molecule has 3 nitrogen and oxygen atoms in total. The second-order valence-electron chi connectivity index (χ2n) is 6.11. The van der Waals surface area contributed by atoms with E-state index in [0.29, 0.717) is 19.8 Å². The summed E-state index contributed by atoms with van der Waals surface area (Å²) in [5.74, 6) is 0. The van der Waals surface area contributed by atoms with Crippen LogP contribution in [0.1, 0.15) is 91.9 Å². The van der Waals surface area contributed by atoms with Crippen molar-refractivity contribution in [2.45, 2.75) is 96.8 Å². The molecule has 0 heterocycles. The van der Waals surface area contributed by atoms with Gasteiger partial charge in [-0.05, 0) is 27.2 Å². The monoisotopic (exact) mass is 396 g/mol. The van der Waals surface area contributed by atoms with E-state index < -0.39 is 8.80 Å². The van der Waals surface area contributed by atoms with E-state index >= 15 is 0 Å². The lowest BCUT2D eigenvalue weighted by Gasteiger charge is -2.34. The molecule has 0 aliphatic heterocycles. The molecule has 0 radical (unpaired) electrons. The summed E-state index contributed by atoms with van der Waals surface area (Å²) in [6.07, 6.45) is 13.2. The van der Waals surface area contributed by atoms with Crippen LogP contribution in [0.5, 0.6) is 0 Å². The zero-order valence-corrected chi connectivity index (χ0v) is 19.1. The van der Waals surface area contributed by atoms with Crippen LogP contribution in [0, 0.1) is 0 Å². The lowest BCUT2D eigenvalue weighted by molar-refractivity contribution is 0.0687. The molecule has 0 saturated carbocycles. The molecule has 0 aromatic carbocycles. The van der Waals surface area contributed by atoms with Gasteiger partial charge in [0.15, 0.2) is 0 Å². The second kappa shape index (κ2) is 17.2. The van der Waals surface area contributed by atoms with Gasteiger partial charge in [-0.3, -0.25) is 0 Å². The lowest BCUT2D eigenvalue weighted by atomic mass is 10.1. The molecule has 24 heavy (non-hydrogen) atoms. The van der Waals surface area contributed by atoms with Crippen molar-refractivity contribution in [3.8, 4) is 0 Å². The van der Waals surface area contributed by atoms with Gasteiger partial charge in [-0.2, -0.15) is 0 Å². The van der Waals surface area contributed by atoms with Crippen molar-refractivity contribution < 1.29 is 13.3 Å². The quantitative estimate of drug-likeness (QED) is 0.125. The van der Waals surface area contributed by atoms with E-state index in [0.717, 1.165) is 6.42 Å². The Labute approximate surface area is 161 Å². The minimum atomic E-state index is -2.63. The van der Waals surface area contributed by atoms with Crippen LogP contribution in [-0.2, 0) is 13.3 Å². The number of unbranched alkanes of at least 4 members (excludes halogenated alkanes) is 8. The van der Waals surface area contributed by atoms with Gasteiger partial charge in [0.05, 0.1) is 4.87 Å². The third-order valence-corrected chi connectivity index (χ3v) is 10.3. The average Bonchev–Trinajstić information content (AvgIpc) is 2.57. The van der Waals surface area contributed by atoms with Crippen LogP contribution in [0.15, 0.2) is 0 Å². The molecule has 0 spiro atoms. The van der Waals surface area contributed by atoms with E-state index in [9.17, 15) is 0 Å². The fourth-order valence-electron chi connectivity index (χ4n) is 2.94. The van der Waals surface area contributed by atoms with Crippen LogP contribution in [-0.4, -0.2) is 33.5 Å². The molecule has 0 saturated heterocycles. The topological polar surface area (TPSA) is 27.7 Å². The Kier molecular flexibility index (Phi) is 17.8. The Bertz CT molecular complexity index is 254. The van der Waals surface area contributed by atoms with Crippen molar-refractivity contribution in [2.24, 2.45) is 0 Å². The molecule has 0 rings (SSSR count). The van der Waals surface area contributed by atoms with Crippen molar-refractivity contribution in [3.05, 3.63) is 0 Å². The van der Waals surface area contributed by atoms with E-state index in [1.165, 1.54) is 57.8 Å². The minimum Gasteiger partial charge on any atom is -0.373 e. The molecule has 0 aromatic heterocycles. The molecule has 0 amide bonds. The molecule has 1 atom stereocenters. The highest BCUT2D eigenvalue weighted by molar-refractivity contribution is 8.69. The predicted octanol–water partition coefficient (Wildman–Crippen LogP) is 6.44. The first-order valence-corrected chi connectivity index (χ1v) is 13.7. The highest BCUT2D eigenvalue weighted by Gasteiger charge is 2.49. The van der Waals surface area contributed by atoms with Crippen LogP contribution < -0.4 is 0 Å². The Morgan fingerprint density at radius 1 is 0.708 bits per heavy atom. The third kappa shape index (κ3) is 10.7. The molecule has 0 N–H and O–H groups in total. The maximum Gasteiger partial charge on any atom is 0.515 e. The predicted molar refractivity (Wildman–Crippen MR) is 113 cm³/mol. The smallest absolute Gasteiger partial charge is 0.373 e. The maximum absolute atomic E-state index is 6.02. The molecule has 0 aromatic rings. The van der Waals surface area contributed by atoms with Crippen molar-refractivity contribution in [3.63, 3.8) is 0 Å². The zero-order chi connectivity index (χ0) is 18.1. The SMILES string of the molecule is CCCCCCCCCCCC(SS)[Si](OCC)(OCC)OCC. The van der Waals surface area contributed by atoms with Gasteiger partial charge in [0.1, 0.15) is 0 Å². The molecule has 146 valence electrons. The molecule has 0 bridgehead atoms. The number of hydrogen-bond acceptors (Lipinski definition) is 5. The van der Waals surface area contributed by atoms with Crippen LogP contribution in [0.3, 0.4) is 0 Å². The number of hydrogen-bond donors (Lipinski definition) is 1. The van der Waals surface area contributed by atoms with Crippen LogP contribution >= 0.6 is 22.5 Å². The Morgan fingerprint density at radius 2 is 1.12 bits per heavy atom. The van der Waals surface area contributed by atoms with Gasteiger partial charge in [0, 0.05) is 19.8 Å². The summed E-state index contributed by atoms with van der Waals surface area (Å²) < 4.78 is 18.1. The maximum atomic E-state index is 6.02. The number of thiol groups is 1. The highest BCUT2D eigenvalue weighted by Crippen LogP contribution is 2.32. The average molecular weight is 397 g/mol. The van der Waals surface area contributed by atoms with Crippen molar-refractivity contribution >= 4 is 31.3 Å². The molecular weight excluding hydrogens is 356 g/mol. The summed E-state index contributed by atoms with van der Waals surface area (Å²) in [7, 11) is -1.07. The van der Waals surface area contributed by atoms with Crippen molar-refractivity contribution in [2.75, 3.05) is 19.8 Å². The first kappa shape index (κ1) is 24.8. The Morgan fingerprint density at radius 3 is 1.50 bits per heavy atom. The fraction of sp³-hybridized carbons (Fsp3) is 1.00. The van der Waals surface area contributed by atoms with Gasteiger partial charge in [-0.25, -0.2) is 0 Å². The fourth-order valence-corrected chi connectivity index (χ4v) is 8.39. The summed E-state index contributed by atoms with van der Waals surface area (Å²) in [5, 5.41) is 0. The molecular formula is C18H40O3S2Si. The molecule has 0 fully saturated rings. The summed E-state index contributed by atoms with van der Waals surface area (Å²) in [6.45, 7) is 10.2. The third-order valence-electron chi connectivity index (χ3n) is 4.13. The van der Waals surface area contributed by atoms with Gasteiger partial charge in [0.2, 0.25) is 0 Å². The van der Waals surface area contributed by atoms with E-state index in [1.807, 2.05) is 20.8 Å².